The SMILES string of the molecule is CN1CC[C@H](COCc2ccncc2)CC12CN(C(=O)c1cccc(C#N)c1)C2. The largest absolute Gasteiger partial charge is 0.376 e. The fraction of sp³-hybridized carbons (Fsp3) is 0.435. The highest BCUT2D eigenvalue weighted by atomic mass is 16.5. The Balaban J connectivity index is 1.32. The van der Waals surface area contributed by atoms with Crippen LogP contribution in [0.1, 0.15) is 34.3 Å². The first-order chi connectivity index (χ1) is 14.1. The van der Waals surface area contributed by atoms with Crippen molar-refractivity contribution in [1.82, 2.24) is 14.8 Å². The van der Waals surface area contributed by atoms with Gasteiger partial charge in [0.25, 0.3) is 5.91 Å². The van der Waals surface area contributed by atoms with E-state index in [2.05, 4.69) is 23.0 Å². The highest BCUT2D eigenvalue weighted by molar-refractivity contribution is 5.95. The van der Waals surface area contributed by atoms with Crippen molar-refractivity contribution >= 4 is 5.91 Å². The van der Waals surface area contributed by atoms with Crippen LogP contribution in [0.25, 0.3) is 0 Å². The maximum atomic E-state index is 12.8. The van der Waals surface area contributed by atoms with Crippen molar-refractivity contribution in [3.63, 3.8) is 0 Å². The van der Waals surface area contributed by atoms with Gasteiger partial charge in [-0.05, 0) is 68.2 Å². The standard InChI is InChI=1S/C23H26N4O2/c1-26-10-7-20(15-29-14-18-5-8-25-9-6-18)12-23(26)16-27(17-23)22(28)21-4-2-3-19(11-21)13-24/h2-6,8-9,11,20H,7,10,12,14-17H2,1H3/t20-/m0/s1. The molecule has 150 valence electrons. The van der Waals surface area contributed by atoms with E-state index in [9.17, 15) is 4.79 Å². The molecule has 0 unspecified atom stereocenters. The topological polar surface area (TPSA) is 69.5 Å². The molecule has 2 aromatic rings. The zero-order chi connectivity index (χ0) is 20.3. The number of hydrogen-bond donors (Lipinski definition) is 0. The number of ether oxygens (including phenoxy) is 1. The quantitative estimate of drug-likeness (QED) is 0.785. The van der Waals surface area contributed by atoms with E-state index in [0.29, 0.717) is 23.7 Å². The Hall–Kier alpha value is -2.75. The van der Waals surface area contributed by atoms with Gasteiger partial charge in [-0.3, -0.25) is 14.7 Å². The van der Waals surface area contributed by atoms with Crippen molar-refractivity contribution in [2.45, 2.75) is 25.0 Å². The maximum absolute atomic E-state index is 12.8. The molecule has 3 heterocycles. The van der Waals surface area contributed by atoms with E-state index in [1.807, 2.05) is 17.0 Å². The number of carbonyl (C=O) groups excluding carboxylic acids is 1. The van der Waals surface area contributed by atoms with Gasteiger partial charge in [0.15, 0.2) is 0 Å². The van der Waals surface area contributed by atoms with E-state index >= 15 is 0 Å². The third-order valence-corrected chi connectivity index (χ3v) is 6.22. The maximum Gasteiger partial charge on any atom is 0.254 e. The van der Waals surface area contributed by atoms with Crippen LogP contribution in [0.3, 0.4) is 0 Å². The van der Waals surface area contributed by atoms with Crippen LogP contribution < -0.4 is 0 Å². The molecule has 29 heavy (non-hydrogen) atoms. The second kappa shape index (κ2) is 8.32. The molecule has 6 heteroatoms. The minimum atomic E-state index is 0.0113. The molecule has 0 saturated carbocycles. The molecule has 1 spiro atoms. The summed E-state index contributed by atoms with van der Waals surface area (Å²) >= 11 is 0. The molecule has 4 rings (SSSR count). The summed E-state index contributed by atoms with van der Waals surface area (Å²) in [4.78, 5) is 21.1. The number of piperidine rings is 1. The number of likely N-dealkylation sites (N-methyl/N-ethyl adjacent to an activating group) is 1. The molecule has 1 aromatic carbocycles. The monoisotopic (exact) mass is 390 g/mol. The Morgan fingerprint density at radius 1 is 1.31 bits per heavy atom. The van der Waals surface area contributed by atoms with E-state index in [-0.39, 0.29) is 11.4 Å². The van der Waals surface area contributed by atoms with Crippen molar-refractivity contribution < 1.29 is 9.53 Å². The van der Waals surface area contributed by atoms with Crippen LogP contribution in [0, 0.1) is 17.2 Å². The summed E-state index contributed by atoms with van der Waals surface area (Å²) < 4.78 is 5.97. The Labute approximate surface area is 171 Å². The number of likely N-dealkylation sites (tertiary alicyclic amines) is 2. The second-order valence-corrected chi connectivity index (χ2v) is 8.23. The fourth-order valence-corrected chi connectivity index (χ4v) is 4.46. The van der Waals surface area contributed by atoms with Gasteiger partial charge in [0.1, 0.15) is 0 Å². The first-order valence-corrected chi connectivity index (χ1v) is 10.1. The van der Waals surface area contributed by atoms with Crippen molar-refractivity contribution in [3.8, 4) is 6.07 Å². The highest BCUT2D eigenvalue weighted by Crippen LogP contribution is 2.39. The van der Waals surface area contributed by atoms with Gasteiger partial charge < -0.3 is 9.64 Å². The van der Waals surface area contributed by atoms with E-state index < -0.39 is 0 Å². The zero-order valence-corrected chi connectivity index (χ0v) is 16.8. The number of amides is 1. The molecule has 2 aliphatic heterocycles. The van der Waals surface area contributed by atoms with Gasteiger partial charge in [-0.15, -0.1) is 0 Å². The van der Waals surface area contributed by atoms with Crippen LogP contribution in [-0.2, 0) is 11.3 Å². The molecule has 0 N–H and O–H groups in total. The van der Waals surface area contributed by atoms with Crippen LogP contribution in [0.5, 0.6) is 0 Å². The van der Waals surface area contributed by atoms with Gasteiger partial charge >= 0.3 is 0 Å². The summed E-state index contributed by atoms with van der Waals surface area (Å²) in [6, 6.07) is 13.0. The molecule has 0 bridgehead atoms. The van der Waals surface area contributed by atoms with Crippen molar-refractivity contribution in [3.05, 3.63) is 65.5 Å². The van der Waals surface area contributed by atoms with Crippen LogP contribution in [0.15, 0.2) is 48.8 Å². The lowest BCUT2D eigenvalue weighted by atomic mass is 9.75. The van der Waals surface area contributed by atoms with Crippen molar-refractivity contribution in [1.29, 1.82) is 5.26 Å². The molecular weight excluding hydrogens is 364 g/mol. The average Bonchev–Trinajstić information content (AvgIpc) is 2.73. The summed E-state index contributed by atoms with van der Waals surface area (Å²) in [5, 5.41) is 9.06. The minimum Gasteiger partial charge on any atom is -0.376 e. The van der Waals surface area contributed by atoms with Crippen LogP contribution >= 0.6 is 0 Å². The predicted molar refractivity (Wildman–Crippen MR) is 109 cm³/mol. The van der Waals surface area contributed by atoms with Crippen LogP contribution in [0.4, 0.5) is 0 Å². The van der Waals surface area contributed by atoms with E-state index in [4.69, 9.17) is 10.00 Å². The lowest BCUT2D eigenvalue weighted by molar-refractivity contribution is -0.0768. The Kier molecular flexibility index (Phi) is 5.61. The number of benzene rings is 1. The number of rotatable bonds is 5. The third-order valence-electron chi connectivity index (χ3n) is 6.22. The molecule has 2 fully saturated rings. The van der Waals surface area contributed by atoms with Gasteiger partial charge in [-0.25, -0.2) is 0 Å². The zero-order valence-electron chi connectivity index (χ0n) is 16.8. The molecule has 0 aliphatic carbocycles. The Bertz CT molecular complexity index is 903. The van der Waals surface area contributed by atoms with Crippen LogP contribution in [0.2, 0.25) is 0 Å². The molecule has 1 atom stereocenters. The number of aromatic nitrogens is 1. The van der Waals surface area contributed by atoms with Gasteiger partial charge in [0.2, 0.25) is 0 Å². The number of nitrogens with zero attached hydrogens (tertiary/aromatic N) is 4. The lowest BCUT2D eigenvalue weighted by Gasteiger charge is -2.58. The van der Waals surface area contributed by atoms with Gasteiger partial charge in [-0.1, -0.05) is 6.07 Å². The van der Waals surface area contributed by atoms with Crippen LogP contribution in [-0.4, -0.2) is 59.5 Å². The number of nitriles is 1. The summed E-state index contributed by atoms with van der Waals surface area (Å²) in [5.41, 5.74) is 2.30. The van der Waals surface area contributed by atoms with Gasteiger partial charge in [0.05, 0.1) is 23.8 Å². The molecule has 0 radical (unpaired) electrons. The molecule has 6 nitrogen and oxygen atoms in total. The average molecular weight is 390 g/mol. The number of hydrogen-bond acceptors (Lipinski definition) is 5. The molecule has 1 amide bonds. The fourth-order valence-electron chi connectivity index (χ4n) is 4.46. The van der Waals surface area contributed by atoms with Gasteiger partial charge in [0, 0.05) is 37.7 Å². The van der Waals surface area contributed by atoms with Crippen molar-refractivity contribution in [2.75, 3.05) is 33.3 Å². The smallest absolute Gasteiger partial charge is 0.254 e. The Morgan fingerprint density at radius 2 is 2.10 bits per heavy atom. The second-order valence-electron chi connectivity index (χ2n) is 8.23. The van der Waals surface area contributed by atoms with E-state index in [1.165, 1.54) is 0 Å². The lowest BCUT2D eigenvalue weighted by Crippen LogP contribution is -2.72. The summed E-state index contributed by atoms with van der Waals surface area (Å²) in [5.74, 6) is 0.518. The van der Waals surface area contributed by atoms with E-state index in [0.717, 1.165) is 44.6 Å². The minimum absolute atomic E-state index is 0.0113. The molecule has 1 aromatic heterocycles. The normalized spacial score (nSPS) is 20.8. The summed E-state index contributed by atoms with van der Waals surface area (Å²) in [7, 11) is 2.16. The first-order valence-electron chi connectivity index (χ1n) is 10.1. The van der Waals surface area contributed by atoms with Crippen molar-refractivity contribution in [2.24, 2.45) is 5.92 Å². The van der Waals surface area contributed by atoms with E-state index in [1.54, 1.807) is 36.7 Å². The molecule has 2 saturated heterocycles. The first kappa shape index (κ1) is 19.6. The number of pyridine rings is 1. The Morgan fingerprint density at radius 3 is 2.86 bits per heavy atom. The predicted octanol–water partition coefficient (Wildman–Crippen LogP) is 2.71. The summed E-state index contributed by atoms with van der Waals surface area (Å²) in [6.07, 6.45) is 5.74. The molecule has 2 aliphatic rings. The summed E-state index contributed by atoms with van der Waals surface area (Å²) in [6.45, 7) is 3.85. The highest BCUT2D eigenvalue weighted by Gasteiger charge is 2.50. The van der Waals surface area contributed by atoms with Gasteiger partial charge in [-0.2, -0.15) is 5.26 Å². The number of carbonyl (C=O) groups is 1. The molecular formula is C23H26N4O2. The third kappa shape index (κ3) is 4.16.